The van der Waals surface area contributed by atoms with Crippen molar-refractivity contribution < 1.29 is 4.74 Å². The van der Waals surface area contributed by atoms with Crippen LogP contribution in [-0.4, -0.2) is 13.7 Å². The molecule has 0 aliphatic heterocycles. The van der Waals surface area contributed by atoms with Crippen LogP contribution in [-0.2, 0) is 0 Å². The number of halogens is 1. The summed E-state index contributed by atoms with van der Waals surface area (Å²) in [6.45, 7) is 0.487. The maximum absolute atomic E-state index is 8.09. The van der Waals surface area contributed by atoms with Crippen molar-refractivity contribution in [2.24, 2.45) is 5.11 Å². The molecule has 0 saturated carbocycles. The Bertz CT molecular complexity index is 425. The SMILES string of the molecule is COc1cc(C=CCCN=[N+]=[N-])ccc1Br. The molecule has 0 spiro atoms. The number of rotatable bonds is 5. The van der Waals surface area contributed by atoms with Gasteiger partial charge in [0.15, 0.2) is 0 Å². The molecule has 5 heteroatoms. The summed E-state index contributed by atoms with van der Waals surface area (Å²) in [5, 5.41) is 3.45. The van der Waals surface area contributed by atoms with E-state index in [1.54, 1.807) is 7.11 Å². The molecule has 0 radical (unpaired) electrons. The lowest BCUT2D eigenvalue weighted by atomic mass is 10.2. The second kappa shape index (κ2) is 6.93. The average molecular weight is 282 g/mol. The lowest BCUT2D eigenvalue weighted by Crippen LogP contribution is -1.84. The molecule has 0 saturated heterocycles. The second-order valence-electron chi connectivity index (χ2n) is 3.04. The van der Waals surface area contributed by atoms with Gasteiger partial charge in [0.25, 0.3) is 0 Å². The monoisotopic (exact) mass is 281 g/mol. The summed E-state index contributed by atoms with van der Waals surface area (Å²) in [4.78, 5) is 2.68. The number of hydrogen-bond acceptors (Lipinski definition) is 2. The first-order valence-corrected chi connectivity index (χ1v) is 5.58. The van der Waals surface area contributed by atoms with Crippen LogP contribution in [0.4, 0.5) is 0 Å². The van der Waals surface area contributed by atoms with Crippen LogP contribution in [0.5, 0.6) is 5.75 Å². The summed E-state index contributed by atoms with van der Waals surface area (Å²) in [5.41, 5.74) is 9.15. The van der Waals surface area contributed by atoms with E-state index in [4.69, 9.17) is 10.3 Å². The summed E-state index contributed by atoms with van der Waals surface area (Å²) in [6.07, 6.45) is 4.68. The van der Waals surface area contributed by atoms with Crippen molar-refractivity contribution in [3.05, 3.63) is 44.8 Å². The molecule has 0 unspecified atom stereocenters. The van der Waals surface area contributed by atoms with Crippen LogP contribution in [0.3, 0.4) is 0 Å². The van der Waals surface area contributed by atoms with Crippen molar-refractivity contribution in [3.63, 3.8) is 0 Å². The number of benzene rings is 1. The molecule has 0 N–H and O–H groups in total. The Kier molecular flexibility index (Phi) is 5.46. The van der Waals surface area contributed by atoms with E-state index in [1.165, 1.54) is 0 Å². The third-order valence-electron chi connectivity index (χ3n) is 1.94. The summed E-state index contributed by atoms with van der Waals surface area (Å²) < 4.78 is 6.11. The normalized spacial score (nSPS) is 10.1. The second-order valence-corrected chi connectivity index (χ2v) is 3.89. The highest BCUT2D eigenvalue weighted by Crippen LogP contribution is 2.26. The van der Waals surface area contributed by atoms with Gasteiger partial charge in [-0.15, -0.1) is 0 Å². The summed E-state index contributed by atoms with van der Waals surface area (Å²) in [7, 11) is 1.63. The first-order valence-electron chi connectivity index (χ1n) is 4.79. The number of methoxy groups -OCH3 is 1. The van der Waals surface area contributed by atoms with Crippen LogP contribution in [0.1, 0.15) is 12.0 Å². The zero-order valence-corrected chi connectivity index (χ0v) is 10.5. The van der Waals surface area contributed by atoms with Gasteiger partial charge >= 0.3 is 0 Å². The predicted octanol–water partition coefficient (Wildman–Crippen LogP) is 4.17. The van der Waals surface area contributed by atoms with Crippen molar-refractivity contribution in [2.75, 3.05) is 13.7 Å². The molecule has 1 aromatic rings. The number of hydrogen-bond donors (Lipinski definition) is 0. The van der Waals surface area contributed by atoms with Crippen molar-refractivity contribution in [1.29, 1.82) is 0 Å². The van der Waals surface area contributed by atoms with Crippen LogP contribution in [0.25, 0.3) is 16.5 Å². The first kappa shape index (κ1) is 12.6. The van der Waals surface area contributed by atoms with Gasteiger partial charge in [-0.3, -0.25) is 0 Å². The van der Waals surface area contributed by atoms with Gasteiger partial charge in [0, 0.05) is 11.5 Å². The molecule has 0 atom stereocenters. The van der Waals surface area contributed by atoms with Crippen molar-refractivity contribution in [1.82, 2.24) is 0 Å². The average Bonchev–Trinajstić information content (AvgIpc) is 2.31. The van der Waals surface area contributed by atoms with E-state index in [0.717, 1.165) is 22.2 Å². The minimum Gasteiger partial charge on any atom is -0.496 e. The maximum Gasteiger partial charge on any atom is 0.133 e. The van der Waals surface area contributed by atoms with Crippen LogP contribution >= 0.6 is 15.9 Å². The van der Waals surface area contributed by atoms with Gasteiger partial charge in [-0.25, -0.2) is 0 Å². The molecule has 84 valence electrons. The molecule has 4 nitrogen and oxygen atoms in total. The predicted molar refractivity (Wildman–Crippen MR) is 68.4 cm³/mol. The van der Waals surface area contributed by atoms with E-state index in [0.29, 0.717) is 6.54 Å². The Morgan fingerprint density at radius 3 is 3.06 bits per heavy atom. The largest absolute Gasteiger partial charge is 0.496 e. The van der Waals surface area contributed by atoms with Crippen LogP contribution < -0.4 is 4.74 Å². The van der Waals surface area contributed by atoms with Crippen LogP contribution in [0, 0.1) is 0 Å². The molecular weight excluding hydrogens is 270 g/mol. The van der Waals surface area contributed by atoms with Gasteiger partial charge in [0.2, 0.25) is 0 Å². The Hall–Kier alpha value is -1.45. The molecule has 0 aliphatic carbocycles. The molecule has 1 rings (SSSR count). The van der Waals surface area contributed by atoms with Crippen molar-refractivity contribution in [2.45, 2.75) is 6.42 Å². The molecule has 0 aromatic heterocycles. The highest BCUT2D eigenvalue weighted by atomic mass is 79.9. The van der Waals surface area contributed by atoms with E-state index < -0.39 is 0 Å². The Morgan fingerprint density at radius 1 is 1.56 bits per heavy atom. The Labute approximate surface area is 103 Å². The summed E-state index contributed by atoms with van der Waals surface area (Å²) in [6, 6.07) is 5.86. The Balaban J connectivity index is 2.63. The van der Waals surface area contributed by atoms with Crippen molar-refractivity contribution >= 4 is 22.0 Å². The molecular formula is C11H12BrN3O. The number of ether oxygens (including phenoxy) is 1. The zero-order valence-electron chi connectivity index (χ0n) is 8.93. The quantitative estimate of drug-likeness (QED) is 0.346. The molecule has 0 aliphatic rings. The van der Waals surface area contributed by atoms with E-state index >= 15 is 0 Å². The fourth-order valence-electron chi connectivity index (χ4n) is 1.18. The van der Waals surface area contributed by atoms with Gasteiger partial charge < -0.3 is 4.74 Å². The highest BCUT2D eigenvalue weighted by Gasteiger charge is 1.98. The van der Waals surface area contributed by atoms with E-state index in [9.17, 15) is 0 Å². The number of nitrogens with zero attached hydrogens (tertiary/aromatic N) is 3. The molecule has 0 fully saturated rings. The van der Waals surface area contributed by atoms with Crippen LogP contribution in [0.15, 0.2) is 33.9 Å². The smallest absolute Gasteiger partial charge is 0.133 e. The molecule has 0 heterocycles. The fraction of sp³-hybridized carbons (Fsp3) is 0.273. The van der Waals surface area contributed by atoms with Gasteiger partial charge in [-0.1, -0.05) is 23.3 Å². The van der Waals surface area contributed by atoms with E-state index in [1.807, 2.05) is 30.4 Å². The third-order valence-corrected chi connectivity index (χ3v) is 2.60. The van der Waals surface area contributed by atoms with Crippen molar-refractivity contribution in [3.8, 4) is 5.75 Å². The summed E-state index contributed by atoms with van der Waals surface area (Å²) >= 11 is 3.39. The zero-order chi connectivity index (χ0) is 11.8. The lowest BCUT2D eigenvalue weighted by Gasteiger charge is -2.03. The van der Waals surface area contributed by atoms with E-state index in [-0.39, 0.29) is 0 Å². The van der Waals surface area contributed by atoms with Gasteiger partial charge in [-0.05, 0) is 45.6 Å². The molecule has 1 aromatic carbocycles. The topological polar surface area (TPSA) is 58.0 Å². The van der Waals surface area contributed by atoms with E-state index in [2.05, 4.69) is 26.0 Å². The Morgan fingerprint density at radius 2 is 2.38 bits per heavy atom. The minimum absolute atomic E-state index is 0.487. The van der Waals surface area contributed by atoms with Gasteiger partial charge in [0.1, 0.15) is 5.75 Å². The molecule has 16 heavy (non-hydrogen) atoms. The summed E-state index contributed by atoms with van der Waals surface area (Å²) in [5.74, 6) is 0.803. The molecule has 0 amide bonds. The molecule has 0 bridgehead atoms. The van der Waals surface area contributed by atoms with Gasteiger partial charge in [0.05, 0.1) is 11.6 Å². The maximum atomic E-state index is 8.09. The standard InChI is InChI=1S/C11H12BrN3O/c1-16-11-8-9(5-6-10(11)12)4-2-3-7-14-15-13/h2,4-6,8H,3,7H2,1H3. The van der Waals surface area contributed by atoms with Gasteiger partial charge in [-0.2, -0.15) is 0 Å². The van der Waals surface area contributed by atoms with Crippen LogP contribution in [0.2, 0.25) is 0 Å². The lowest BCUT2D eigenvalue weighted by molar-refractivity contribution is 0.412. The fourth-order valence-corrected chi connectivity index (χ4v) is 1.58. The first-order chi connectivity index (χ1) is 7.77. The number of azide groups is 1. The minimum atomic E-state index is 0.487. The third kappa shape index (κ3) is 3.96. The highest BCUT2D eigenvalue weighted by molar-refractivity contribution is 9.10.